The zero-order valence-electron chi connectivity index (χ0n) is 28.1. The Kier molecular flexibility index (Phi) is 14.1. The van der Waals surface area contributed by atoms with E-state index >= 15 is 0 Å². The zero-order chi connectivity index (χ0) is 32.0. The molecule has 7 rings (SSSR count). The van der Waals surface area contributed by atoms with Gasteiger partial charge in [0.25, 0.3) is 0 Å². The van der Waals surface area contributed by atoms with Gasteiger partial charge in [0.05, 0.1) is 0 Å². The first kappa shape index (κ1) is 38.7. The second-order valence-corrected chi connectivity index (χ2v) is 15.6. The summed E-state index contributed by atoms with van der Waals surface area (Å²) in [7, 11) is 0. The summed E-state index contributed by atoms with van der Waals surface area (Å²) in [6.07, 6.45) is 8.51. The molecule has 0 spiro atoms. The molecule has 0 radical (unpaired) electrons. The first-order valence-electron chi connectivity index (χ1n) is 15.6. The summed E-state index contributed by atoms with van der Waals surface area (Å²) < 4.78 is 1.42. The van der Waals surface area contributed by atoms with Crippen LogP contribution in [-0.4, -0.2) is 3.21 Å². The summed E-state index contributed by atoms with van der Waals surface area (Å²) >= 11 is 3.19. The zero-order valence-corrected chi connectivity index (χ0v) is 32.9. The number of halogens is 2. The Labute approximate surface area is 313 Å². The van der Waals surface area contributed by atoms with Crippen molar-refractivity contribution in [3.05, 3.63) is 166 Å². The van der Waals surface area contributed by atoms with E-state index in [1.54, 1.807) is 11.3 Å². The van der Waals surface area contributed by atoms with Gasteiger partial charge in [0.2, 0.25) is 0 Å². The molecule has 0 fully saturated rings. The predicted octanol–water partition coefficient (Wildman–Crippen LogP) is 6.01. The third-order valence-corrected chi connectivity index (χ3v) is 10.2. The van der Waals surface area contributed by atoms with Gasteiger partial charge in [-0.25, -0.2) is 0 Å². The summed E-state index contributed by atoms with van der Waals surface area (Å²) in [5.74, 6) is 0. The van der Waals surface area contributed by atoms with Crippen molar-refractivity contribution in [1.29, 1.82) is 0 Å². The molecular weight excluding hydrogens is 711 g/mol. The van der Waals surface area contributed by atoms with E-state index in [0.29, 0.717) is 0 Å². The van der Waals surface area contributed by atoms with Crippen LogP contribution in [0.3, 0.4) is 0 Å². The predicted molar refractivity (Wildman–Crippen MR) is 195 cm³/mol. The van der Waals surface area contributed by atoms with E-state index < -0.39 is 0 Å². The Morgan fingerprint density at radius 2 is 1.17 bits per heavy atom. The van der Waals surface area contributed by atoms with Crippen LogP contribution < -0.4 is 24.8 Å². The summed E-state index contributed by atoms with van der Waals surface area (Å²) in [5, 5.41) is 9.72. The van der Waals surface area contributed by atoms with E-state index in [1.165, 1.54) is 82.4 Å². The van der Waals surface area contributed by atoms with Crippen LogP contribution in [0.1, 0.15) is 75.8 Å². The topological polar surface area (TPSA) is 0 Å². The fourth-order valence-electron chi connectivity index (χ4n) is 5.35. The average molecular weight is 753 g/mol. The fraction of sp³-hybridized carbons (Fsp3) is 0.209. The summed E-state index contributed by atoms with van der Waals surface area (Å²) in [6.45, 7) is 13.6. The molecule has 0 amide bonds. The van der Waals surface area contributed by atoms with Crippen molar-refractivity contribution in [3.8, 4) is 0 Å². The van der Waals surface area contributed by atoms with Crippen LogP contribution in [0.2, 0.25) is 0 Å². The molecule has 0 saturated carbocycles. The molecule has 0 unspecified atom stereocenters. The van der Waals surface area contributed by atoms with E-state index in [2.05, 4.69) is 180 Å². The van der Waals surface area contributed by atoms with Crippen LogP contribution in [0.4, 0.5) is 0 Å². The molecule has 1 heterocycles. The van der Waals surface area contributed by atoms with Gasteiger partial charge < -0.3 is 24.8 Å². The van der Waals surface area contributed by atoms with Crippen molar-refractivity contribution in [2.24, 2.45) is 0 Å². The molecule has 5 aromatic carbocycles. The minimum absolute atomic E-state index is 0. The monoisotopic (exact) mass is 750 g/mol. The van der Waals surface area contributed by atoms with Gasteiger partial charge in [0.15, 0.2) is 0 Å². The van der Waals surface area contributed by atoms with E-state index in [1.807, 2.05) is 0 Å². The SMILES string of the molecule is CC(C)(C)c1ccc2c(c1)[cH-]c1cc(C(C)(C)C)ccc12.[C-]1=C(c2ccsc2)C=CC1.[Cl-].[Cl-].[Zr+2]=[C](c1ccccc1)c1ccccc1. The van der Waals surface area contributed by atoms with E-state index in [9.17, 15) is 0 Å². The first-order chi connectivity index (χ1) is 21.5. The number of allylic oxidation sites excluding steroid dienone is 4. The maximum atomic E-state index is 3.27. The third kappa shape index (κ3) is 10.1. The normalized spacial score (nSPS) is 12.2. The quantitative estimate of drug-likeness (QED) is 0.195. The van der Waals surface area contributed by atoms with E-state index in [0.717, 1.165) is 6.42 Å². The molecule has 0 atom stereocenters. The molecule has 1 aliphatic rings. The Morgan fingerprint density at radius 3 is 1.55 bits per heavy atom. The Hall–Kier alpha value is -2.74. The van der Waals surface area contributed by atoms with Gasteiger partial charge in [0, 0.05) is 0 Å². The van der Waals surface area contributed by atoms with Crippen molar-refractivity contribution in [1.82, 2.24) is 0 Å². The number of thiophene rings is 1. The van der Waals surface area contributed by atoms with Gasteiger partial charge in [-0.05, 0) is 16.2 Å². The number of benzene rings is 4. The molecule has 47 heavy (non-hydrogen) atoms. The molecule has 4 heteroatoms. The van der Waals surface area contributed by atoms with Gasteiger partial charge in [-0.2, -0.15) is 29.1 Å². The van der Waals surface area contributed by atoms with Crippen molar-refractivity contribution in [2.45, 2.75) is 58.8 Å². The molecule has 1 aromatic heterocycles. The van der Waals surface area contributed by atoms with Gasteiger partial charge in [-0.15, -0.1) is 51.4 Å². The van der Waals surface area contributed by atoms with Gasteiger partial charge in [0.1, 0.15) is 0 Å². The van der Waals surface area contributed by atoms with Crippen molar-refractivity contribution in [2.75, 3.05) is 0 Å². The molecule has 6 aromatic rings. The third-order valence-electron chi connectivity index (χ3n) is 8.09. The summed E-state index contributed by atoms with van der Waals surface area (Å²) in [4.78, 5) is 0. The van der Waals surface area contributed by atoms with E-state index in [-0.39, 0.29) is 35.6 Å². The number of hydrogen-bond acceptors (Lipinski definition) is 1. The van der Waals surface area contributed by atoms with Crippen molar-refractivity contribution in [3.63, 3.8) is 0 Å². The molecule has 1 aliphatic carbocycles. The first-order valence-corrected chi connectivity index (χ1v) is 17.8. The Bertz CT molecular complexity index is 1820. The average Bonchev–Trinajstić information content (AvgIpc) is 3.82. The second-order valence-electron chi connectivity index (χ2n) is 13.6. The van der Waals surface area contributed by atoms with Gasteiger partial charge in [-0.3, -0.25) is 0 Å². The second kappa shape index (κ2) is 17.1. The molecular formula is C43H42Cl2SZr-2. The van der Waals surface area contributed by atoms with Crippen LogP contribution in [0, 0.1) is 6.08 Å². The number of rotatable bonds is 3. The van der Waals surface area contributed by atoms with Crippen molar-refractivity contribution >= 4 is 41.7 Å². The molecule has 0 aliphatic heterocycles. The Morgan fingerprint density at radius 1 is 0.681 bits per heavy atom. The maximum absolute atomic E-state index is 3.27. The number of fused-ring (bicyclic) bond motifs is 3. The van der Waals surface area contributed by atoms with Crippen LogP contribution in [0.15, 0.2) is 132 Å². The molecule has 0 N–H and O–H groups in total. The fourth-order valence-corrected chi connectivity index (χ4v) is 6.83. The standard InChI is InChI=1S/C21H25.C13H10.C9H7S.2ClH.Zr/c1-20(2,3)16-7-9-18-14(12-16)11-15-13-17(21(4,5)6)8-10-19(15)18;1-3-7-12(8-4-1)11-13-9-5-2-6-10-13;1-2-4-8(3-1)9-5-6-10-7-9;;;/h7-13H,1-6H3;1-10H;1,3,5-7H,2H2;2*1H;/q-1;;-1;;;+2/p-2. The minimum atomic E-state index is 0. The summed E-state index contributed by atoms with van der Waals surface area (Å²) in [5.41, 5.74) is 8.43. The van der Waals surface area contributed by atoms with Crippen molar-refractivity contribution < 1.29 is 49.0 Å². The molecule has 0 nitrogen and oxygen atoms in total. The van der Waals surface area contributed by atoms with Crippen LogP contribution in [0.5, 0.6) is 0 Å². The van der Waals surface area contributed by atoms with Crippen LogP contribution in [0.25, 0.3) is 27.1 Å². The summed E-state index contributed by atoms with van der Waals surface area (Å²) in [6, 6.07) is 39.4. The van der Waals surface area contributed by atoms with Crippen LogP contribution >= 0.6 is 11.3 Å². The van der Waals surface area contributed by atoms with Crippen LogP contribution in [-0.2, 0) is 35.1 Å². The molecule has 0 bridgehead atoms. The van der Waals surface area contributed by atoms with E-state index in [4.69, 9.17) is 0 Å². The molecule has 240 valence electrons. The molecule has 0 saturated heterocycles. The Balaban J connectivity index is 0.000000200. The van der Waals surface area contributed by atoms with Gasteiger partial charge in [-0.1, -0.05) is 94.8 Å². The van der Waals surface area contributed by atoms with Gasteiger partial charge >= 0.3 is 99.2 Å². The number of hydrogen-bond donors (Lipinski definition) is 0.